The van der Waals surface area contributed by atoms with E-state index in [9.17, 15) is 14.4 Å². The fourth-order valence-corrected chi connectivity index (χ4v) is 4.65. The highest BCUT2D eigenvalue weighted by Gasteiger charge is 2.36. The van der Waals surface area contributed by atoms with Crippen molar-refractivity contribution in [1.82, 2.24) is 5.32 Å². The Kier molecular flexibility index (Phi) is 7.66. The summed E-state index contributed by atoms with van der Waals surface area (Å²) in [6, 6.07) is 23.1. The Morgan fingerprint density at radius 2 is 1.70 bits per heavy atom. The van der Waals surface area contributed by atoms with Crippen LogP contribution in [0.4, 0.5) is 10.5 Å². The number of fused-ring (bicyclic) bond motifs is 1. The molecule has 4 amide bonds. The topological polar surface area (TPSA) is 84.9 Å². The molecule has 0 atom stereocenters. The molecule has 1 heterocycles. The molecular formula is C32H25ClN2O5. The van der Waals surface area contributed by atoms with Crippen molar-refractivity contribution in [2.45, 2.75) is 13.0 Å². The summed E-state index contributed by atoms with van der Waals surface area (Å²) in [7, 11) is 1.52. The first kappa shape index (κ1) is 26.7. The predicted octanol–water partition coefficient (Wildman–Crippen LogP) is 6.48. The zero-order valence-electron chi connectivity index (χ0n) is 21.6. The fourth-order valence-electron chi connectivity index (χ4n) is 4.52. The second-order valence-corrected chi connectivity index (χ2v) is 9.55. The normalized spacial score (nSPS) is 14.4. The number of nitrogens with one attached hydrogen (secondary N) is 1. The van der Waals surface area contributed by atoms with E-state index in [1.165, 1.54) is 25.3 Å². The second kappa shape index (κ2) is 11.5. The Hall–Kier alpha value is -4.88. The quantitative estimate of drug-likeness (QED) is 0.154. The molecule has 0 spiro atoms. The molecule has 1 fully saturated rings. The summed E-state index contributed by atoms with van der Waals surface area (Å²) in [5.41, 5.74) is 2.36. The number of carbonyl (C=O) groups is 3. The molecule has 0 aliphatic carbocycles. The van der Waals surface area contributed by atoms with E-state index in [1.807, 2.05) is 18.2 Å². The molecule has 200 valence electrons. The predicted molar refractivity (Wildman–Crippen MR) is 156 cm³/mol. The van der Waals surface area contributed by atoms with E-state index in [0.717, 1.165) is 26.8 Å². The number of halogens is 1. The lowest BCUT2D eigenvalue weighted by molar-refractivity contribution is -0.122. The van der Waals surface area contributed by atoms with Gasteiger partial charge in [0, 0.05) is 10.6 Å². The van der Waals surface area contributed by atoms with Crippen molar-refractivity contribution < 1.29 is 23.9 Å². The molecule has 0 unspecified atom stereocenters. The van der Waals surface area contributed by atoms with Crippen LogP contribution in [-0.4, -0.2) is 25.0 Å². The summed E-state index contributed by atoms with van der Waals surface area (Å²) in [6.07, 6.45) is 3.61. The Morgan fingerprint density at radius 3 is 2.42 bits per heavy atom. The standard InChI is InChI=1S/C32H25ClN2O5/c1-3-6-24-16-21(17-27-30(36)34-32(38)35(31(27)37)26-13-11-25(33)12-14-26)18-28(39-2)29(24)40-19-20-9-10-22-7-4-5-8-23(22)15-20/h3-5,7-18H,1,6,19H2,2H3,(H,34,36,38)/b27-17+. The number of allylic oxidation sites excluding steroid dienone is 1. The lowest BCUT2D eigenvalue weighted by Crippen LogP contribution is -2.54. The number of methoxy groups -OCH3 is 1. The number of imide groups is 2. The molecule has 1 aliphatic rings. The fraction of sp³-hybridized carbons (Fsp3) is 0.0938. The molecule has 1 aliphatic heterocycles. The van der Waals surface area contributed by atoms with Crippen LogP contribution in [0.5, 0.6) is 11.5 Å². The van der Waals surface area contributed by atoms with E-state index in [0.29, 0.717) is 35.1 Å². The van der Waals surface area contributed by atoms with Gasteiger partial charge < -0.3 is 9.47 Å². The molecule has 5 rings (SSSR count). The first-order chi connectivity index (χ1) is 19.4. The van der Waals surface area contributed by atoms with Gasteiger partial charge in [-0.05, 0) is 76.9 Å². The number of hydrogen-bond acceptors (Lipinski definition) is 5. The second-order valence-electron chi connectivity index (χ2n) is 9.11. The van der Waals surface area contributed by atoms with Gasteiger partial charge in [0.05, 0.1) is 12.8 Å². The lowest BCUT2D eigenvalue weighted by atomic mass is 10.0. The van der Waals surface area contributed by atoms with E-state index in [1.54, 1.807) is 30.3 Å². The Morgan fingerprint density at radius 1 is 0.950 bits per heavy atom. The molecule has 1 N–H and O–H groups in total. The Bertz CT molecular complexity index is 1680. The van der Waals surface area contributed by atoms with Gasteiger partial charge in [0.2, 0.25) is 0 Å². The van der Waals surface area contributed by atoms with Crippen molar-refractivity contribution in [1.29, 1.82) is 0 Å². The van der Waals surface area contributed by atoms with E-state index in [2.05, 4.69) is 36.2 Å². The van der Waals surface area contributed by atoms with Crippen molar-refractivity contribution in [2.75, 3.05) is 12.0 Å². The van der Waals surface area contributed by atoms with Gasteiger partial charge in [-0.15, -0.1) is 6.58 Å². The van der Waals surface area contributed by atoms with Crippen molar-refractivity contribution in [2.24, 2.45) is 0 Å². The van der Waals surface area contributed by atoms with Crippen LogP contribution in [0, 0.1) is 0 Å². The molecule has 0 bridgehead atoms. The smallest absolute Gasteiger partial charge is 0.335 e. The maximum absolute atomic E-state index is 13.3. The number of carbonyl (C=O) groups excluding carboxylic acids is 3. The molecule has 0 radical (unpaired) electrons. The van der Waals surface area contributed by atoms with Crippen LogP contribution in [0.3, 0.4) is 0 Å². The van der Waals surface area contributed by atoms with E-state index >= 15 is 0 Å². The monoisotopic (exact) mass is 552 g/mol. The summed E-state index contributed by atoms with van der Waals surface area (Å²) in [4.78, 5) is 39.4. The van der Waals surface area contributed by atoms with Crippen molar-refractivity contribution in [3.05, 3.63) is 119 Å². The summed E-state index contributed by atoms with van der Waals surface area (Å²) < 4.78 is 11.9. The molecule has 0 aromatic heterocycles. The van der Waals surface area contributed by atoms with Crippen LogP contribution in [0.2, 0.25) is 5.02 Å². The van der Waals surface area contributed by atoms with Crippen LogP contribution in [0.1, 0.15) is 16.7 Å². The third-order valence-corrected chi connectivity index (χ3v) is 6.68. The number of anilines is 1. The number of hydrogen-bond donors (Lipinski definition) is 1. The highest BCUT2D eigenvalue weighted by molar-refractivity contribution is 6.39. The average Bonchev–Trinajstić information content (AvgIpc) is 2.95. The van der Waals surface area contributed by atoms with E-state index < -0.39 is 17.8 Å². The molecule has 4 aromatic rings. The Labute approximate surface area is 236 Å². The summed E-state index contributed by atoms with van der Waals surface area (Å²) in [6.45, 7) is 4.16. The van der Waals surface area contributed by atoms with Crippen LogP contribution < -0.4 is 19.7 Å². The molecule has 4 aromatic carbocycles. The number of rotatable bonds is 8. The van der Waals surface area contributed by atoms with Gasteiger partial charge in [-0.2, -0.15) is 0 Å². The van der Waals surface area contributed by atoms with E-state index in [-0.39, 0.29) is 11.3 Å². The third kappa shape index (κ3) is 5.46. The van der Waals surface area contributed by atoms with Crippen molar-refractivity contribution >= 4 is 52.0 Å². The maximum Gasteiger partial charge on any atom is 0.335 e. The number of urea groups is 1. The van der Waals surface area contributed by atoms with Crippen LogP contribution in [0.15, 0.2) is 97.1 Å². The van der Waals surface area contributed by atoms with Gasteiger partial charge in [0.1, 0.15) is 12.2 Å². The molecule has 0 saturated carbocycles. The minimum absolute atomic E-state index is 0.203. The first-order valence-corrected chi connectivity index (χ1v) is 12.8. The minimum atomic E-state index is -0.836. The van der Waals surface area contributed by atoms with E-state index in [4.69, 9.17) is 21.1 Å². The summed E-state index contributed by atoms with van der Waals surface area (Å²) in [5, 5.41) is 4.94. The van der Waals surface area contributed by atoms with Crippen LogP contribution >= 0.6 is 11.6 Å². The molecule has 7 nitrogen and oxygen atoms in total. The van der Waals surface area contributed by atoms with Gasteiger partial charge in [-0.1, -0.05) is 54.1 Å². The van der Waals surface area contributed by atoms with Crippen LogP contribution in [0.25, 0.3) is 16.8 Å². The molecule has 1 saturated heterocycles. The Balaban J connectivity index is 1.47. The lowest BCUT2D eigenvalue weighted by Gasteiger charge is -2.26. The number of amides is 4. The van der Waals surface area contributed by atoms with Gasteiger partial charge in [0.15, 0.2) is 11.5 Å². The number of barbiturate groups is 1. The average molecular weight is 553 g/mol. The number of benzene rings is 4. The summed E-state index contributed by atoms with van der Waals surface area (Å²) >= 11 is 5.95. The minimum Gasteiger partial charge on any atom is -0.493 e. The SMILES string of the molecule is C=CCc1cc(/C=C2\C(=O)NC(=O)N(c3ccc(Cl)cc3)C2=O)cc(OC)c1OCc1ccc2ccccc2c1. The molecular weight excluding hydrogens is 528 g/mol. The summed E-state index contributed by atoms with van der Waals surface area (Å²) in [5.74, 6) is -0.575. The maximum atomic E-state index is 13.3. The van der Waals surface area contributed by atoms with Gasteiger partial charge >= 0.3 is 6.03 Å². The van der Waals surface area contributed by atoms with Crippen LogP contribution in [-0.2, 0) is 22.6 Å². The van der Waals surface area contributed by atoms with Gasteiger partial charge in [-0.25, -0.2) is 9.69 Å². The van der Waals surface area contributed by atoms with Gasteiger partial charge in [0.25, 0.3) is 11.8 Å². The largest absolute Gasteiger partial charge is 0.493 e. The zero-order chi connectivity index (χ0) is 28.2. The number of ether oxygens (including phenoxy) is 2. The molecule has 8 heteroatoms. The molecule has 40 heavy (non-hydrogen) atoms. The van der Waals surface area contributed by atoms with Crippen molar-refractivity contribution in [3.63, 3.8) is 0 Å². The highest BCUT2D eigenvalue weighted by atomic mass is 35.5. The van der Waals surface area contributed by atoms with Crippen molar-refractivity contribution in [3.8, 4) is 11.5 Å². The van der Waals surface area contributed by atoms with Gasteiger partial charge in [-0.3, -0.25) is 14.9 Å². The number of nitrogens with zero attached hydrogens (tertiary/aromatic N) is 1. The highest BCUT2D eigenvalue weighted by Crippen LogP contribution is 2.35. The third-order valence-electron chi connectivity index (χ3n) is 6.43. The zero-order valence-corrected chi connectivity index (χ0v) is 22.4. The first-order valence-electron chi connectivity index (χ1n) is 12.5.